The lowest BCUT2D eigenvalue weighted by Gasteiger charge is -2.39. The van der Waals surface area contributed by atoms with Gasteiger partial charge in [0.25, 0.3) is 0 Å². The first-order chi connectivity index (χ1) is 10.1. The number of nitrogens with zero attached hydrogens (tertiary/aromatic N) is 2. The van der Waals surface area contributed by atoms with Gasteiger partial charge in [-0.05, 0) is 57.6 Å². The number of hydrogen-bond donors (Lipinski definition) is 2. The van der Waals surface area contributed by atoms with Gasteiger partial charge in [-0.3, -0.25) is 0 Å². The minimum atomic E-state index is 0.518. The lowest BCUT2D eigenvalue weighted by Crippen LogP contribution is -2.47. The van der Waals surface area contributed by atoms with E-state index in [9.17, 15) is 0 Å². The van der Waals surface area contributed by atoms with Crippen molar-refractivity contribution in [3.05, 3.63) is 12.1 Å². The molecule has 2 fully saturated rings. The van der Waals surface area contributed by atoms with Gasteiger partial charge < -0.3 is 15.9 Å². The summed E-state index contributed by atoms with van der Waals surface area (Å²) >= 11 is 0. The SMILES string of the molecule is CC1CCCC(C)N1Nc1ccc(N)c(OCC2CC2)n1. The Bertz CT molecular complexity index is 479. The zero-order valence-electron chi connectivity index (χ0n) is 13.0. The van der Waals surface area contributed by atoms with Crippen molar-refractivity contribution in [3.63, 3.8) is 0 Å². The monoisotopic (exact) mass is 290 g/mol. The Kier molecular flexibility index (Phi) is 4.19. The van der Waals surface area contributed by atoms with Crippen LogP contribution in [-0.2, 0) is 0 Å². The molecule has 0 bridgehead atoms. The topological polar surface area (TPSA) is 63.4 Å². The van der Waals surface area contributed by atoms with E-state index in [0.717, 1.165) is 12.4 Å². The van der Waals surface area contributed by atoms with E-state index in [0.29, 0.717) is 29.6 Å². The summed E-state index contributed by atoms with van der Waals surface area (Å²) < 4.78 is 5.75. The highest BCUT2D eigenvalue weighted by Crippen LogP contribution is 2.31. The maximum absolute atomic E-state index is 5.95. The average molecular weight is 290 g/mol. The molecule has 1 aromatic heterocycles. The van der Waals surface area contributed by atoms with Gasteiger partial charge >= 0.3 is 0 Å². The van der Waals surface area contributed by atoms with E-state index in [1.165, 1.54) is 32.1 Å². The second kappa shape index (κ2) is 6.10. The Morgan fingerprint density at radius 3 is 2.62 bits per heavy atom. The third kappa shape index (κ3) is 3.59. The van der Waals surface area contributed by atoms with Crippen molar-refractivity contribution in [3.8, 4) is 5.88 Å². The van der Waals surface area contributed by atoms with Crippen LogP contribution in [0.1, 0.15) is 46.0 Å². The second-order valence-electron chi connectivity index (χ2n) is 6.49. The Balaban J connectivity index is 1.67. The number of ether oxygens (including phenoxy) is 1. The molecule has 3 N–H and O–H groups in total. The van der Waals surface area contributed by atoms with E-state index in [1.807, 2.05) is 12.1 Å². The molecular weight excluding hydrogens is 264 g/mol. The Morgan fingerprint density at radius 2 is 1.95 bits per heavy atom. The van der Waals surface area contributed by atoms with Gasteiger partial charge in [0.05, 0.1) is 12.3 Å². The maximum Gasteiger partial charge on any atom is 0.239 e. The van der Waals surface area contributed by atoms with Crippen LogP contribution in [0.2, 0.25) is 0 Å². The fourth-order valence-electron chi connectivity index (χ4n) is 2.88. The molecule has 2 unspecified atom stereocenters. The van der Waals surface area contributed by atoms with Gasteiger partial charge in [-0.1, -0.05) is 6.42 Å². The molecule has 2 atom stereocenters. The van der Waals surface area contributed by atoms with Crippen LogP contribution in [0.3, 0.4) is 0 Å². The largest absolute Gasteiger partial charge is 0.476 e. The van der Waals surface area contributed by atoms with Crippen LogP contribution in [0.5, 0.6) is 5.88 Å². The highest BCUT2D eigenvalue weighted by atomic mass is 16.5. The summed E-state index contributed by atoms with van der Waals surface area (Å²) in [6.45, 7) is 5.24. The summed E-state index contributed by atoms with van der Waals surface area (Å²) in [6, 6.07) is 4.83. The van der Waals surface area contributed by atoms with Crippen molar-refractivity contribution in [2.24, 2.45) is 5.92 Å². The van der Waals surface area contributed by atoms with Crippen LogP contribution < -0.4 is 15.9 Å². The van der Waals surface area contributed by atoms with Crippen molar-refractivity contribution in [1.82, 2.24) is 9.99 Å². The number of hydrogen-bond acceptors (Lipinski definition) is 5. The molecular formula is C16H26N4O. The molecule has 5 heteroatoms. The van der Waals surface area contributed by atoms with Crippen LogP contribution in [0.15, 0.2) is 12.1 Å². The van der Waals surface area contributed by atoms with Crippen LogP contribution in [-0.4, -0.2) is 28.7 Å². The number of aromatic nitrogens is 1. The molecule has 1 aliphatic carbocycles. The summed E-state index contributed by atoms with van der Waals surface area (Å²) in [5.74, 6) is 2.07. The normalized spacial score (nSPS) is 26.6. The molecule has 1 aliphatic heterocycles. The summed E-state index contributed by atoms with van der Waals surface area (Å²) in [6.07, 6.45) is 6.27. The fraction of sp³-hybridized carbons (Fsp3) is 0.688. The van der Waals surface area contributed by atoms with Crippen LogP contribution in [0, 0.1) is 5.92 Å². The molecule has 21 heavy (non-hydrogen) atoms. The van der Waals surface area contributed by atoms with Crippen molar-refractivity contribution >= 4 is 11.5 Å². The van der Waals surface area contributed by atoms with Crippen molar-refractivity contribution in [1.29, 1.82) is 0 Å². The van der Waals surface area contributed by atoms with Gasteiger partial charge in [0.1, 0.15) is 5.82 Å². The lowest BCUT2D eigenvalue weighted by atomic mass is 10.00. The molecule has 116 valence electrons. The van der Waals surface area contributed by atoms with Gasteiger partial charge in [-0.25, -0.2) is 5.01 Å². The number of nitrogens with two attached hydrogens (primary N) is 1. The first kappa shape index (κ1) is 14.4. The van der Waals surface area contributed by atoms with Gasteiger partial charge in [-0.2, -0.15) is 4.98 Å². The minimum Gasteiger partial charge on any atom is -0.476 e. The van der Waals surface area contributed by atoms with Gasteiger partial charge in [0.2, 0.25) is 5.88 Å². The third-order valence-corrected chi connectivity index (χ3v) is 4.48. The number of piperidine rings is 1. The van der Waals surface area contributed by atoms with E-state index < -0.39 is 0 Å². The summed E-state index contributed by atoms with van der Waals surface area (Å²) in [7, 11) is 0. The Labute approximate surface area is 126 Å². The van der Waals surface area contributed by atoms with Gasteiger partial charge in [-0.15, -0.1) is 0 Å². The molecule has 2 aliphatic rings. The maximum atomic E-state index is 5.95. The minimum absolute atomic E-state index is 0.518. The molecule has 1 saturated heterocycles. The predicted molar refractivity (Wildman–Crippen MR) is 85.1 cm³/mol. The molecule has 0 aromatic carbocycles. The average Bonchev–Trinajstić information content (AvgIpc) is 3.27. The van der Waals surface area contributed by atoms with E-state index in [4.69, 9.17) is 10.5 Å². The molecule has 0 radical (unpaired) electrons. The standard InChI is InChI=1S/C16H26N4O/c1-11-4-3-5-12(2)20(11)19-15-9-8-14(17)16(18-15)21-10-13-6-7-13/h8-9,11-13H,3-7,10,17H2,1-2H3,(H,18,19). The molecule has 2 heterocycles. The summed E-state index contributed by atoms with van der Waals surface area (Å²) in [4.78, 5) is 4.54. The number of rotatable bonds is 5. The zero-order chi connectivity index (χ0) is 14.8. The number of nitrogens with one attached hydrogen (secondary N) is 1. The number of hydrazine groups is 1. The summed E-state index contributed by atoms with van der Waals surface area (Å²) in [5.41, 5.74) is 10.0. The smallest absolute Gasteiger partial charge is 0.239 e. The van der Waals surface area contributed by atoms with Gasteiger partial charge in [0.15, 0.2) is 0 Å². The first-order valence-corrected chi connectivity index (χ1v) is 8.08. The van der Waals surface area contributed by atoms with Crippen LogP contribution >= 0.6 is 0 Å². The molecule has 5 nitrogen and oxygen atoms in total. The Morgan fingerprint density at radius 1 is 1.24 bits per heavy atom. The predicted octanol–water partition coefficient (Wildman–Crippen LogP) is 3.04. The summed E-state index contributed by atoms with van der Waals surface area (Å²) in [5, 5.41) is 2.30. The molecule has 0 spiro atoms. The first-order valence-electron chi connectivity index (χ1n) is 8.08. The van der Waals surface area contributed by atoms with Gasteiger partial charge in [0, 0.05) is 12.1 Å². The van der Waals surface area contributed by atoms with Crippen molar-refractivity contribution in [2.45, 2.75) is 58.0 Å². The highest BCUT2D eigenvalue weighted by molar-refractivity contribution is 5.53. The van der Waals surface area contributed by atoms with Crippen LogP contribution in [0.25, 0.3) is 0 Å². The number of pyridine rings is 1. The van der Waals surface area contributed by atoms with E-state index in [1.54, 1.807) is 0 Å². The third-order valence-electron chi connectivity index (χ3n) is 4.48. The van der Waals surface area contributed by atoms with Crippen molar-refractivity contribution in [2.75, 3.05) is 17.8 Å². The van der Waals surface area contributed by atoms with E-state index >= 15 is 0 Å². The lowest BCUT2D eigenvalue weighted by molar-refractivity contribution is 0.135. The van der Waals surface area contributed by atoms with E-state index in [-0.39, 0.29) is 0 Å². The fourth-order valence-corrected chi connectivity index (χ4v) is 2.88. The Hall–Kier alpha value is -1.49. The molecule has 1 saturated carbocycles. The van der Waals surface area contributed by atoms with Crippen molar-refractivity contribution < 1.29 is 4.74 Å². The quantitative estimate of drug-likeness (QED) is 0.872. The number of nitrogen functional groups attached to an aromatic ring is 1. The second-order valence-corrected chi connectivity index (χ2v) is 6.49. The molecule has 1 aromatic rings. The zero-order valence-corrected chi connectivity index (χ0v) is 13.0. The number of anilines is 2. The highest BCUT2D eigenvalue weighted by Gasteiger charge is 2.25. The molecule has 0 amide bonds. The molecule has 3 rings (SSSR count). The van der Waals surface area contributed by atoms with Crippen LogP contribution in [0.4, 0.5) is 11.5 Å². The van der Waals surface area contributed by atoms with E-state index in [2.05, 4.69) is 29.3 Å².